The van der Waals surface area contributed by atoms with E-state index in [0.717, 1.165) is 32.3 Å². The van der Waals surface area contributed by atoms with Gasteiger partial charge in [-0.1, -0.05) is 0 Å². The van der Waals surface area contributed by atoms with Gasteiger partial charge in [0, 0.05) is 19.1 Å². The monoisotopic (exact) mass is 348 g/mol. The van der Waals surface area contributed by atoms with Crippen molar-refractivity contribution in [3.63, 3.8) is 0 Å². The normalized spacial score (nSPS) is 20.3. The van der Waals surface area contributed by atoms with E-state index in [1.165, 1.54) is 26.1 Å². The van der Waals surface area contributed by atoms with Crippen molar-refractivity contribution in [1.29, 1.82) is 0 Å². The van der Waals surface area contributed by atoms with Gasteiger partial charge in [-0.05, 0) is 57.3 Å². The summed E-state index contributed by atoms with van der Waals surface area (Å²) in [6.45, 7) is 2.15. The molecule has 0 aliphatic heterocycles. The van der Waals surface area contributed by atoms with E-state index >= 15 is 0 Å². The molecule has 138 valence electrons. The zero-order chi connectivity index (χ0) is 18.2. The Bertz CT molecular complexity index is 556. The number of carbonyl (C=O) groups excluding carboxylic acids is 2. The van der Waals surface area contributed by atoms with E-state index in [0.29, 0.717) is 24.2 Å². The fourth-order valence-electron chi connectivity index (χ4n) is 3.29. The highest BCUT2D eigenvalue weighted by Crippen LogP contribution is 2.26. The summed E-state index contributed by atoms with van der Waals surface area (Å²) < 4.78 is 4.63. The number of hydrogen-bond acceptors (Lipinski definition) is 6. The van der Waals surface area contributed by atoms with Gasteiger partial charge in [0.2, 0.25) is 6.41 Å². The molecule has 1 fully saturated rings. The lowest BCUT2D eigenvalue weighted by Crippen LogP contribution is -2.40. The number of aromatic nitrogens is 1. The van der Waals surface area contributed by atoms with Gasteiger partial charge in [-0.2, -0.15) is 0 Å². The minimum atomic E-state index is -0.489. The molecule has 7 nitrogen and oxygen atoms in total. The maximum absolute atomic E-state index is 11.4. The van der Waals surface area contributed by atoms with Gasteiger partial charge >= 0.3 is 5.97 Å². The third kappa shape index (κ3) is 5.24. The second-order valence-corrected chi connectivity index (χ2v) is 6.58. The Morgan fingerprint density at radius 3 is 2.56 bits per heavy atom. The molecule has 1 aromatic heterocycles. The Kier molecular flexibility index (Phi) is 7.33. The molecule has 2 N–H and O–H groups in total. The number of anilines is 1. The number of nitrogens with zero attached hydrogens (tertiary/aromatic N) is 3. The highest BCUT2D eigenvalue weighted by atomic mass is 16.5. The molecule has 7 heteroatoms. The maximum Gasteiger partial charge on any atom is 0.356 e. The second kappa shape index (κ2) is 9.48. The summed E-state index contributed by atoms with van der Waals surface area (Å²) in [7, 11) is 3.42. The Balaban J connectivity index is 1.87. The zero-order valence-corrected chi connectivity index (χ0v) is 15.1. The Morgan fingerprint density at radius 2 is 2.04 bits per heavy atom. The topological polar surface area (TPSA) is 88.8 Å². The van der Waals surface area contributed by atoms with Crippen LogP contribution in [0.1, 0.15) is 36.2 Å². The average Bonchev–Trinajstić information content (AvgIpc) is 2.68. The van der Waals surface area contributed by atoms with E-state index in [9.17, 15) is 9.59 Å². The van der Waals surface area contributed by atoms with Crippen LogP contribution in [0.25, 0.3) is 0 Å². The second-order valence-electron chi connectivity index (χ2n) is 6.58. The van der Waals surface area contributed by atoms with Gasteiger partial charge in [-0.25, -0.2) is 9.78 Å². The van der Waals surface area contributed by atoms with Gasteiger partial charge in [0.1, 0.15) is 5.69 Å². The molecule has 1 heterocycles. The Hall–Kier alpha value is -1.99. The molecular weight excluding hydrogens is 320 g/mol. The first-order valence-electron chi connectivity index (χ1n) is 8.75. The summed E-state index contributed by atoms with van der Waals surface area (Å²) in [5, 5.41) is 0. The maximum atomic E-state index is 11.4. The Labute approximate surface area is 149 Å². The fourth-order valence-corrected chi connectivity index (χ4v) is 3.29. The number of hydrogen-bond donors (Lipinski definition) is 1. The van der Waals surface area contributed by atoms with Crippen LogP contribution in [-0.4, -0.2) is 62.1 Å². The molecule has 1 aliphatic rings. The lowest BCUT2D eigenvalue weighted by atomic mass is 9.85. The van der Waals surface area contributed by atoms with Gasteiger partial charge in [-0.15, -0.1) is 0 Å². The van der Waals surface area contributed by atoms with E-state index in [1.807, 2.05) is 0 Å². The van der Waals surface area contributed by atoms with Crippen molar-refractivity contribution in [3.05, 3.63) is 24.0 Å². The van der Waals surface area contributed by atoms with Crippen molar-refractivity contribution < 1.29 is 14.3 Å². The molecular formula is C18H28N4O3. The van der Waals surface area contributed by atoms with E-state index in [-0.39, 0.29) is 5.69 Å². The number of likely N-dealkylation sites (N-methyl/N-ethyl adjacent to an activating group) is 1. The molecule has 0 spiro atoms. The van der Waals surface area contributed by atoms with Crippen molar-refractivity contribution in [1.82, 2.24) is 9.88 Å². The van der Waals surface area contributed by atoms with Crippen LogP contribution in [-0.2, 0) is 9.53 Å². The first-order chi connectivity index (χ1) is 12.1. The van der Waals surface area contributed by atoms with Crippen LogP contribution in [0.5, 0.6) is 0 Å². The van der Waals surface area contributed by atoms with Crippen LogP contribution in [0.4, 0.5) is 5.69 Å². The predicted molar refractivity (Wildman–Crippen MR) is 96.4 cm³/mol. The van der Waals surface area contributed by atoms with Gasteiger partial charge in [0.25, 0.3) is 0 Å². The van der Waals surface area contributed by atoms with Gasteiger partial charge < -0.3 is 20.3 Å². The van der Waals surface area contributed by atoms with Gasteiger partial charge in [0.05, 0.1) is 19.0 Å². The predicted octanol–water partition coefficient (Wildman–Crippen LogP) is 1.28. The van der Waals surface area contributed by atoms with Crippen molar-refractivity contribution in [3.8, 4) is 0 Å². The fraction of sp³-hybridized carbons (Fsp3) is 0.611. The molecule has 0 bridgehead atoms. The van der Waals surface area contributed by atoms with Crippen LogP contribution in [0.3, 0.4) is 0 Å². The van der Waals surface area contributed by atoms with E-state index in [1.54, 1.807) is 17.0 Å². The van der Waals surface area contributed by atoms with E-state index in [2.05, 4.69) is 21.7 Å². The van der Waals surface area contributed by atoms with E-state index < -0.39 is 5.97 Å². The number of nitrogens with two attached hydrogens (primary N) is 1. The molecule has 1 aliphatic carbocycles. The molecule has 0 atom stereocenters. The summed E-state index contributed by atoms with van der Waals surface area (Å²) in [4.78, 5) is 30.8. The number of ether oxygens (including phenoxy) is 1. The number of rotatable bonds is 8. The quantitative estimate of drug-likeness (QED) is 0.562. The highest BCUT2D eigenvalue weighted by Gasteiger charge is 2.23. The molecule has 0 radical (unpaired) electrons. The molecule has 2 rings (SSSR count). The summed E-state index contributed by atoms with van der Waals surface area (Å²) in [5.41, 5.74) is 6.65. The van der Waals surface area contributed by atoms with Crippen LogP contribution in [0.2, 0.25) is 0 Å². The molecule has 25 heavy (non-hydrogen) atoms. The molecule has 0 unspecified atom stereocenters. The smallest absolute Gasteiger partial charge is 0.356 e. The van der Waals surface area contributed by atoms with Crippen molar-refractivity contribution in [2.45, 2.75) is 31.7 Å². The first-order valence-corrected chi connectivity index (χ1v) is 8.75. The lowest BCUT2D eigenvalue weighted by molar-refractivity contribution is -0.107. The van der Waals surface area contributed by atoms with Crippen molar-refractivity contribution in [2.75, 3.05) is 38.7 Å². The number of pyridine rings is 1. The highest BCUT2D eigenvalue weighted by molar-refractivity contribution is 5.87. The Morgan fingerprint density at radius 1 is 1.32 bits per heavy atom. The van der Waals surface area contributed by atoms with Gasteiger partial charge in [-0.3, -0.25) is 4.79 Å². The minimum Gasteiger partial charge on any atom is -0.464 e. The third-order valence-corrected chi connectivity index (χ3v) is 5.07. The molecule has 1 amide bonds. The summed E-state index contributed by atoms with van der Waals surface area (Å²) in [5.74, 6) is 0.174. The summed E-state index contributed by atoms with van der Waals surface area (Å²) >= 11 is 0. The van der Waals surface area contributed by atoms with Crippen LogP contribution >= 0.6 is 0 Å². The number of esters is 1. The third-order valence-electron chi connectivity index (χ3n) is 5.07. The zero-order valence-electron chi connectivity index (χ0n) is 15.1. The van der Waals surface area contributed by atoms with Crippen molar-refractivity contribution >= 4 is 18.1 Å². The standard InChI is InChI=1S/C18H28N4O3/c1-21(15-5-3-14(11-19)4-6-15)9-10-22(13-23)16-7-8-17(20-12-16)18(24)25-2/h7-8,12-15H,3-6,9-11,19H2,1-2H3. The van der Waals surface area contributed by atoms with Crippen LogP contribution < -0.4 is 10.6 Å². The first kappa shape index (κ1) is 19.3. The van der Waals surface area contributed by atoms with Gasteiger partial charge in [0.15, 0.2) is 0 Å². The van der Waals surface area contributed by atoms with Crippen molar-refractivity contribution in [2.24, 2.45) is 11.7 Å². The lowest BCUT2D eigenvalue weighted by Gasteiger charge is -2.35. The number of amides is 1. The average molecular weight is 348 g/mol. The molecule has 1 saturated carbocycles. The number of carbonyl (C=O) groups is 2. The van der Waals surface area contributed by atoms with Crippen LogP contribution in [0.15, 0.2) is 18.3 Å². The summed E-state index contributed by atoms with van der Waals surface area (Å²) in [6.07, 6.45) is 7.01. The molecule has 0 aromatic carbocycles. The molecule has 1 aromatic rings. The largest absolute Gasteiger partial charge is 0.464 e. The SMILES string of the molecule is COC(=O)c1ccc(N(C=O)CCN(C)C2CCC(CN)CC2)cn1. The number of methoxy groups -OCH3 is 1. The summed E-state index contributed by atoms with van der Waals surface area (Å²) in [6, 6.07) is 3.83. The van der Waals surface area contributed by atoms with E-state index in [4.69, 9.17) is 5.73 Å². The van der Waals surface area contributed by atoms with Crippen LogP contribution in [0, 0.1) is 5.92 Å². The minimum absolute atomic E-state index is 0.228. The molecule has 0 saturated heterocycles.